The van der Waals surface area contributed by atoms with E-state index in [1.54, 1.807) is 30.3 Å². The second-order valence-electron chi connectivity index (χ2n) is 10.5. The molecule has 196 valence electrons. The molecule has 4 aromatic rings. The quantitative estimate of drug-likeness (QED) is 0.392. The van der Waals surface area contributed by atoms with Gasteiger partial charge in [-0.1, -0.05) is 17.7 Å². The summed E-state index contributed by atoms with van der Waals surface area (Å²) in [6.45, 7) is 4.62. The number of rotatable bonds is 4. The van der Waals surface area contributed by atoms with E-state index >= 15 is 0 Å². The Morgan fingerprint density at radius 1 is 0.921 bits per heavy atom. The molecule has 0 aliphatic carbocycles. The highest BCUT2D eigenvalue weighted by Gasteiger charge is 2.35. The summed E-state index contributed by atoms with van der Waals surface area (Å²) in [5.74, 6) is 1.12. The van der Waals surface area contributed by atoms with Crippen LogP contribution >= 0.6 is 0 Å². The van der Waals surface area contributed by atoms with E-state index in [0.717, 1.165) is 54.1 Å². The third-order valence-electron chi connectivity index (χ3n) is 7.95. The van der Waals surface area contributed by atoms with Crippen LogP contribution < -0.4 is 9.80 Å². The van der Waals surface area contributed by atoms with Crippen LogP contribution in [0.15, 0.2) is 59.5 Å². The van der Waals surface area contributed by atoms with Crippen LogP contribution in [0.1, 0.15) is 29.7 Å². The molecule has 5 heterocycles. The molecule has 2 unspecified atom stereocenters. The maximum atomic E-state index is 14.4. The minimum absolute atomic E-state index is 0.187. The number of hydrogen-bond acceptors (Lipinski definition) is 7. The topological polar surface area (TPSA) is 80.6 Å². The van der Waals surface area contributed by atoms with Crippen molar-refractivity contribution in [2.75, 3.05) is 29.4 Å². The van der Waals surface area contributed by atoms with E-state index in [9.17, 15) is 12.8 Å². The number of morpholine rings is 1. The lowest BCUT2D eigenvalue weighted by molar-refractivity contribution is 0.0302. The van der Waals surface area contributed by atoms with Crippen molar-refractivity contribution < 1.29 is 17.5 Å². The second-order valence-corrected chi connectivity index (χ2v) is 12.2. The van der Waals surface area contributed by atoms with Crippen LogP contribution in [0.3, 0.4) is 0 Å². The lowest BCUT2D eigenvalue weighted by atomic mass is 10.0. The van der Waals surface area contributed by atoms with E-state index < -0.39 is 15.8 Å². The van der Waals surface area contributed by atoms with E-state index in [4.69, 9.17) is 4.74 Å². The zero-order valence-corrected chi connectivity index (χ0v) is 21.9. The van der Waals surface area contributed by atoms with Crippen LogP contribution in [0.4, 0.5) is 16.0 Å². The van der Waals surface area contributed by atoms with E-state index in [0.29, 0.717) is 30.7 Å². The molecule has 7 rings (SSSR count). The maximum Gasteiger partial charge on any atom is 0.268 e. The van der Waals surface area contributed by atoms with E-state index in [1.807, 2.05) is 19.1 Å². The minimum atomic E-state index is -3.91. The number of aryl methyl sites for hydroxylation is 1. The van der Waals surface area contributed by atoms with Crippen molar-refractivity contribution in [3.8, 4) is 0 Å². The maximum absolute atomic E-state index is 14.4. The van der Waals surface area contributed by atoms with Crippen LogP contribution in [0.5, 0.6) is 0 Å². The Hall–Kier alpha value is -3.50. The summed E-state index contributed by atoms with van der Waals surface area (Å²) in [6.07, 6.45) is 3.22. The summed E-state index contributed by atoms with van der Waals surface area (Å²) in [6, 6.07) is 15.1. The molecule has 2 bridgehead atoms. The zero-order valence-electron chi connectivity index (χ0n) is 21.0. The lowest BCUT2D eigenvalue weighted by Crippen LogP contribution is -2.43. The van der Waals surface area contributed by atoms with Crippen molar-refractivity contribution in [3.05, 3.63) is 77.2 Å². The van der Waals surface area contributed by atoms with Crippen molar-refractivity contribution in [1.29, 1.82) is 0 Å². The number of aromatic nitrogens is 3. The first-order chi connectivity index (χ1) is 18.4. The Morgan fingerprint density at radius 3 is 2.29 bits per heavy atom. The molecule has 0 saturated carbocycles. The fraction of sp³-hybridized carbons (Fsp3) is 0.357. The van der Waals surface area contributed by atoms with Crippen LogP contribution in [-0.2, 0) is 27.7 Å². The highest BCUT2D eigenvalue weighted by molar-refractivity contribution is 7.90. The number of anilines is 2. The van der Waals surface area contributed by atoms with Gasteiger partial charge >= 0.3 is 0 Å². The van der Waals surface area contributed by atoms with Gasteiger partial charge in [0, 0.05) is 49.2 Å². The zero-order chi connectivity index (χ0) is 26.0. The van der Waals surface area contributed by atoms with Crippen molar-refractivity contribution in [3.63, 3.8) is 0 Å². The minimum Gasteiger partial charge on any atom is -0.371 e. The van der Waals surface area contributed by atoms with Crippen LogP contribution in [0.25, 0.3) is 10.9 Å². The SMILES string of the molecule is Cc1ccc(S(=O)(=O)n2c3c(c4ccc(F)cc42)CN(c2ccc(N4CC5CCC(C4)O5)nn2)CC3)cc1. The van der Waals surface area contributed by atoms with Crippen LogP contribution in [0, 0.1) is 12.7 Å². The number of halogens is 1. The normalized spacial score (nSPS) is 21.2. The molecule has 0 N–H and O–H groups in total. The Bertz CT molecular complexity index is 1620. The van der Waals surface area contributed by atoms with Gasteiger partial charge in [-0.15, -0.1) is 10.2 Å². The molecular formula is C28H28FN5O3S. The summed E-state index contributed by atoms with van der Waals surface area (Å²) in [5, 5.41) is 9.79. The summed E-state index contributed by atoms with van der Waals surface area (Å²) < 4.78 is 49.2. The number of nitrogens with zero attached hydrogens (tertiary/aromatic N) is 5. The predicted octanol–water partition coefficient (Wildman–Crippen LogP) is 4.05. The van der Waals surface area contributed by atoms with Crippen molar-refractivity contribution in [1.82, 2.24) is 14.2 Å². The largest absolute Gasteiger partial charge is 0.371 e. The molecule has 3 aliphatic heterocycles. The fourth-order valence-corrected chi connectivity index (χ4v) is 7.63. The molecule has 0 spiro atoms. The van der Waals surface area contributed by atoms with Gasteiger partial charge in [0.05, 0.1) is 22.6 Å². The molecular weight excluding hydrogens is 505 g/mol. The molecule has 2 saturated heterocycles. The molecule has 3 aliphatic rings. The predicted molar refractivity (Wildman–Crippen MR) is 143 cm³/mol. The first-order valence-electron chi connectivity index (χ1n) is 13.0. The van der Waals surface area contributed by atoms with Gasteiger partial charge in [0.2, 0.25) is 0 Å². The second kappa shape index (κ2) is 8.78. The fourth-order valence-electron chi connectivity index (χ4n) is 6.03. The smallest absolute Gasteiger partial charge is 0.268 e. The Kier molecular flexibility index (Phi) is 5.45. The van der Waals surface area contributed by atoms with Gasteiger partial charge in [-0.2, -0.15) is 0 Å². The number of fused-ring (bicyclic) bond motifs is 5. The van der Waals surface area contributed by atoms with Gasteiger partial charge in [0.25, 0.3) is 10.0 Å². The van der Waals surface area contributed by atoms with Crippen LogP contribution in [0.2, 0.25) is 0 Å². The molecule has 0 amide bonds. The molecule has 2 aromatic carbocycles. The number of hydrogen-bond donors (Lipinski definition) is 0. The molecule has 0 radical (unpaired) electrons. The summed E-state index contributed by atoms with van der Waals surface area (Å²) in [5.41, 5.74) is 2.90. The summed E-state index contributed by atoms with van der Waals surface area (Å²) in [4.78, 5) is 4.54. The molecule has 10 heteroatoms. The van der Waals surface area contributed by atoms with Crippen molar-refractivity contribution >= 4 is 32.6 Å². The van der Waals surface area contributed by atoms with Gasteiger partial charge < -0.3 is 14.5 Å². The molecule has 2 fully saturated rings. The Morgan fingerprint density at radius 2 is 1.61 bits per heavy atom. The molecule has 2 atom stereocenters. The number of benzene rings is 2. The lowest BCUT2D eigenvalue weighted by Gasteiger charge is -2.33. The molecule has 2 aromatic heterocycles. The Balaban J connectivity index is 1.23. The van der Waals surface area contributed by atoms with Crippen molar-refractivity contribution in [2.24, 2.45) is 0 Å². The average molecular weight is 534 g/mol. The van der Waals surface area contributed by atoms with E-state index in [-0.39, 0.29) is 17.1 Å². The first kappa shape index (κ1) is 23.6. The average Bonchev–Trinajstić information content (AvgIpc) is 3.43. The standard InChI is InChI=1S/C28H28FN5O3S/c1-18-2-7-22(8-3-18)38(35,36)34-25-12-13-32(17-24(25)23-9-4-19(29)14-26(23)34)27-10-11-28(31-30-27)33-15-20-5-6-21(16-33)37-20/h2-4,7-11,14,20-21H,5-6,12-13,15-17H2,1H3. The summed E-state index contributed by atoms with van der Waals surface area (Å²) >= 11 is 0. The van der Waals surface area contributed by atoms with E-state index in [2.05, 4.69) is 20.0 Å². The molecule has 38 heavy (non-hydrogen) atoms. The highest BCUT2D eigenvalue weighted by atomic mass is 32.2. The molecule has 8 nitrogen and oxygen atoms in total. The Labute approximate surface area is 220 Å². The van der Waals surface area contributed by atoms with Crippen molar-refractivity contribution in [2.45, 2.75) is 49.8 Å². The third kappa shape index (κ3) is 3.85. The monoisotopic (exact) mass is 533 g/mol. The highest BCUT2D eigenvalue weighted by Crippen LogP contribution is 2.36. The first-order valence-corrected chi connectivity index (χ1v) is 14.4. The van der Waals surface area contributed by atoms with Gasteiger partial charge in [0.15, 0.2) is 11.6 Å². The van der Waals surface area contributed by atoms with E-state index in [1.165, 1.54) is 16.1 Å². The van der Waals surface area contributed by atoms with Crippen LogP contribution in [-0.4, -0.2) is 54.4 Å². The van der Waals surface area contributed by atoms with Gasteiger partial charge in [-0.25, -0.2) is 16.8 Å². The third-order valence-corrected chi connectivity index (χ3v) is 9.72. The number of ether oxygens (including phenoxy) is 1. The van der Waals surface area contributed by atoms with Gasteiger partial charge in [-0.05, 0) is 62.2 Å². The van der Waals surface area contributed by atoms with Gasteiger partial charge in [0.1, 0.15) is 5.82 Å². The summed E-state index contributed by atoms with van der Waals surface area (Å²) in [7, 11) is -3.91. The van der Waals surface area contributed by atoms with Gasteiger partial charge in [-0.3, -0.25) is 0 Å².